The van der Waals surface area contributed by atoms with Crippen LogP contribution >= 0.6 is 0 Å². The van der Waals surface area contributed by atoms with Crippen molar-refractivity contribution in [3.63, 3.8) is 0 Å². The molecule has 2 aliphatic heterocycles. The van der Waals surface area contributed by atoms with E-state index in [1.54, 1.807) is 0 Å². The number of rotatable bonds is 5. The smallest absolute Gasteiger partial charge is 0.108 e. The molecule has 0 aromatic heterocycles. The monoisotopic (exact) mass is 555 g/mol. The van der Waals surface area contributed by atoms with Gasteiger partial charge >= 0.3 is 0 Å². The second-order valence-corrected chi connectivity index (χ2v) is 13.4. The highest BCUT2D eigenvalue weighted by atomic mass is 16.5. The molecule has 214 valence electrons. The zero-order valence-electron chi connectivity index (χ0n) is 25.6. The molecule has 3 unspecified atom stereocenters. The fraction of sp³-hybridized carbons (Fsp3) is 0.333. The lowest BCUT2D eigenvalue weighted by molar-refractivity contribution is -0.0918. The van der Waals surface area contributed by atoms with Crippen LogP contribution in [0.4, 0.5) is 5.69 Å². The highest BCUT2D eigenvalue weighted by Gasteiger charge is 2.45. The highest BCUT2D eigenvalue weighted by molar-refractivity contribution is 5.95. The summed E-state index contributed by atoms with van der Waals surface area (Å²) in [6.45, 7) is 13.8. The SMILES string of the molecule is Cc1cccc(C2=CC3c4ccccc4[C@](C)(OC(C)CC(C)O)CN3c3cc4c(cc32)-c2ccccc2C4(C)C)c1. The molecule has 0 amide bonds. The van der Waals surface area contributed by atoms with Crippen molar-refractivity contribution in [2.24, 2.45) is 0 Å². The van der Waals surface area contributed by atoms with Crippen molar-refractivity contribution in [2.45, 2.75) is 77.2 Å². The van der Waals surface area contributed by atoms with E-state index in [9.17, 15) is 5.11 Å². The van der Waals surface area contributed by atoms with Crippen LogP contribution in [0.3, 0.4) is 0 Å². The molecule has 0 fully saturated rings. The summed E-state index contributed by atoms with van der Waals surface area (Å²) < 4.78 is 6.87. The van der Waals surface area contributed by atoms with E-state index in [1.165, 1.54) is 61.3 Å². The van der Waals surface area contributed by atoms with E-state index < -0.39 is 11.7 Å². The number of fused-ring (bicyclic) bond motifs is 8. The molecule has 42 heavy (non-hydrogen) atoms. The molecular formula is C39H41NO2. The van der Waals surface area contributed by atoms with E-state index in [0.29, 0.717) is 6.42 Å². The summed E-state index contributed by atoms with van der Waals surface area (Å²) in [5.41, 5.74) is 13.7. The van der Waals surface area contributed by atoms with Crippen LogP contribution in [0, 0.1) is 6.92 Å². The summed E-state index contributed by atoms with van der Waals surface area (Å²) in [6, 6.07) is 31.6. The van der Waals surface area contributed by atoms with Gasteiger partial charge in [-0.2, -0.15) is 0 Å². The van der Waals surface area contributed by atoms with E-state index in [2.05, 4.69) is 131 Å². The van der Waals surface area contributed by atoms with Crippen LogP contribution < -0.4 is 4.90 Å². The van der Waals surface area contributed by atoms with Gasteiger partial charge in [0.05, 0.1) is 24.8 Å². The van der Waals surface area contributed by atoms with Gasteiger partial charge in [0.15, 0.2) is 0 Å². The fourth-order valence-corrected chi connectivity index (χ4v) is 7.90. The first-order chi connectivity index (χ1) is 20.1. The maximum absolute atomic E-state index is 10.1. The minimum absolute atomic E-state index is 0.0734. The van der Waals surface area contributed by atoms with Gasteiger partial charge in [0, 0.05) is 16.7 Å². The van der Waals surface area contributed by atoms with Crippen molar-refractivity contribution in [1.82, 2.24) is 0 Å². The van der Waals surface area contributed by atoms with Crippen molar-refractivity contribution in [1.29, 1.82) is 0 Å². The maximum atomic E-state index is 10.1. The van der Waals surface area contributed by atoms with Gasteiger partial charge in [0.1, 0.15) is 5.60 Å². The van der Waals surface area contributed by atoms with Crippen LogP contribution in [-0.4, -0.2) is 23.9 Å². The van der Waals surface area contributed by atoms with Gasteiger partial charge in [-0.3, -0.25) is 0 Å². The quantitative estimate of drug-likeness (QED) is 0.267. The summed E-state index contributed by atoms with van der Waals surface area (Å²) in [5.74, 6) is 0. The molecule has 1 N–H and O–H groups in total. The third kappa shape index (κ3) is 4.17. The Hall–Kier alpha value is -3.66. The molecule has 7 rings (SSSR count). The molecular weight excluding hydrogens is 514 g/mol. The highest BCUT2D eigenvalue weighted by Crippen LogP contribution is 2.55. The van der Waals surface area contributed by atoms with Crippen LogP contribution in [0.2, 0.25) is 0 Å². The molecule has 0 spiro atoms. The summed E-state index contributed by atoms with van der Waals surface area (Å²) in [4.78, 5) is 2.57. The number of nitrogens with zero attached hydrogens (tertiary/aromatic N) is 1. The lowest BCUT2D eigenvalue weighted by Crippen LogP contribution is -2.50. The number of benzene rings is 4. The Labute approximate surface area is 250 Å². The number of ether oxygens (including phenoxy) is 1. The molecule has 3 aliphatic rings. The topological polar surface area (TPSA) is 32.7 Å². The Morgan fingerprint density at radius 3 is 2.33 bits per heavy atom. The van der Waals surface area contributed by atoms with Gasteiger partial charge in [-0.1, -0.05) is 92.2 Å². The van der Waals surface area contributed by atoms with Crippen molar-refractivity contribution >= 4 is 11.3 Å². The molecule has 0 saturated carbocycles. The van der Waals surface area contributed by atoms with Crippen molar-refractivity contribution < 1.29 is 9.84 Å². The van der Waals surface area contributed by atoms with Crippen LogP contribution in [-0.2, 0) is 15.8 Å². The molecule has 0 radical (unpaired) electrons. The molecule has 3 nitrogen and oxygen atoms in total. The lowest BCUT2D eigenvalue weighted by atomic mass is 9.76. The predicted octanol–water partition coefficient (Wildman–Crippen LogP) is 8.70. The first-order valence-corrected chi connectivity index (χ1v) is 15.4. The average molecular weight is 556 g/mol. The normalized spacial score (nSPS) is 22.7. The van der Waals surface area contributed by atoms with Gasteiger partial charge in [0.25, 0.3) is 0 Å². The van der Waals surface area contributed by atoms with Gasteiger partial charge in [-0.15, -0.1) is 0 Å². The lowest BCUT2D eigenvalue weighted by Gasteiger charge is -2.50. The minimum atomic E-state index is -0.523. The minimum Gasteiger partial charge on any atom is -0.393 e. The Kier molecular flexibility index (Phi) is 6.27. The first kappa shape index (κ1) is 27.2. The Morgan fingerprint density at radius 2 is 1.57 bits per heavy atom. The molecule has 4 atom stereocenters. The average Bonchev–Trinajstić information content (AvgIpc) is 3.17. The van der Waals surface area contributed by atoms with Crippen molar-refractivity contribution in [3.05, 3.63) is 130 Å². The van der Waals surface area contributed by atoms with Crippen molar-refractivity contribution in [3.8, 4) is 11.1 Å². The number of aryl methyl sites for hydroxylation is 1. The molecule has 1 aliphatic carbocycles. The van der Waals surface area contributed by atoms with Gasteiger partial charge in [-0.05, 0) is 96.8 Å². The second kappa shape index (κ2) is 9.69. The Balaban J connectivity index is 1.46. The molecule has 0 bridgehead atoms. The maximum Gasteiger partial charge on any atom is 0.108 e. The molecule has 2 heterocycles. The standard InChI is InChI=1S/C39H41NO2/c1-24-12-11-13-27(18-24)30-21-36-29-15-8-10-17-34(29)39(6,42-26(3)19-25(2)41)23-40(36)37-22-35-31(20-32(30)37)28-14-7-9-16-33(28)38(35,4)5/h7-18,20-22,25-26,36,41H,19,23H2,1-6H3/t25?,26?,36?,39-/m1/s1. The van der Waals surface area contributed by atoms with Crippen LogP contribution in [0.1, 0.15) is 86.0 Å². The van der Waals surface area contributed by atoms with E-state index in [0.717, 1.165) is 6.54 Å². The number of aliphatic hydroxyl groups excluding tert-OH is 1. The summed E-state index contributed by atoms with van der Waals surface area (Å²) in [7, 11) is 0. The largest absolute Gasteiger partial charge is 0.393 e. The first-order valence-electron chi connectivity index (χ1n) is 15.4. The predicted molar refractivity (Wildman–Crippen MR) is 173 cm³/mol. The Bertz CT molecular complexity index is 1730. The van der Waals surface area contributed by atoms with Gasteiger partial charge in [-0.25, -0.2) is 0 Å². The zero-order valence-corrected chi connectivity index (χ0v) is 25.6. The van der Waals surface area contributed by atoms with E-state index in [4.69, 9.17) is 4.74 Å². The Morgan fingerprint density at radius 1 is 0.833 bits per heavy atom. The molecule has 4 aromatic rings. The van der Waals surface area contributed by atoms with Crippen molar-refractivity contribution in [2.75, 3.05) is 11.4 Å². The summed E-state index contributed by atoms with van der Waals surface area (Å²) >= 11 is 0. The molecule has 4 aromatic carbocycles. The van der Waals surface area contributed by atoms with Crippen LogP contribution in [0.25, 0.3) is 16.7 Å². The number of hydrogen-bond donors (Lipinski definition) is 1. The van der Waals surface area contributed by atoms with Crippen LogP contribution in [0.15, 0.2) is 91.0 Å². The zero-order chi connectivity index (χ0) is 29.4. The van der Waals surface area contributed by atoms with E-state index >= 15 is 0 Å². The molecule has 0 saturated heterocycles. The van der Waals surface area contributed by atoms with Gasteiger partial charge in [0.2, 0.25) is 0 Å². The number of aliphatic hydroxyl groups is 1. The molecule has 3 heteroatoms. The summed E-state index contributed by atoms with van der Waals surface area (Å²) in [5, 5.41) is 10.1. The van der Waals surface area contributed by atoms with E-state index in [-0.39, 0.29) is 17.6 Å². The van der Waals surface area contributed by atoms with E-state index in [1.807, 2.05) is 6.92 Å². The summed E-state index contributed by atoms with van der Waals surface area (Å²) in [6.07, 6.45) is 2.61. The van der Waals surface area contributed by atoms with Crippen LogP contribution in [0.5, 0.6) is 0 Å². The second-order valence-electron chi connectivity index (χ2n) is 13.4. The number of anilines is 1. The van der Waals surface area contributed by atoms with Gasteiger partial charge < -0.3 is 14.7 Å². The third-order valence-corrected chi connectivity index (χ3v) is 9.74. The number of hydrogen-bond acceptors (Lipinski definition) is 3. The fourth-order valence-electron chi connectivity index (χ4n) is 7.90. The third-order valence-electron chi connectivity index (χ3n) is 9.74.